The Morgan fingerprint density at radius 1 is 1.26 bits per heavy atom. The summed E-state index contributed by atoms with van der Waals surface area (Å²) >= 11 is 0. The summed E-state index contributed by atoms with van der Waals surface area (Å²) in [4.78, 5) is 12.3. The third-order valence-corrected chi connectivity index (χ3v) is 4.10. The lowest BCUT2D eigenvalue weighted by atomic mass is 9.74. The summed E-state index contributed by atoms with van der Waals surface area (Å²) in [6, 6.07) is 3.95. The van der Waals surface area contributed by atoms with Crippen LogP contribution in [0.2, 0.25) is 0 Å². The molecule has 0 spiro atoms. The first-order valence-corrected chi connectivity index (χ1v) is 7.79. The van der Waals surface area contributed by atoms with Crippen molar-refractivity contribution < 1.29 is 37.1 Å². The maximum absolute atomic E-state index is 13.6. The number of aromatic hydroxyl groups is 1. The summed E-state index contributed by atoms with van der Waals surface area (Å²) < 4.78 is 59.0. The van der Waals surface area contributed by atoms with E-state index in [0.717, 1.165) is 18.2 Å². The molecular weight excluding hydrogens is 372 g/mol. The molecule has 1 aromatic carbocycles. The molecule has 27 heavy (non-hydrogen) atoms. The smallest absolute Gasteiger partial charge is 0.426 e. The van der Waals surface area contributed by atoms with E-state index in [0.29, 0.717) is 0 Å². The lowest BCUT2D eigenvalue weighted by molar-refractivity contribution is -0.254. The first kappa shape index (κ1) is 20.7. The summed E-state index contributed by atoms with van der Waals surface area (Å²) in [5.41, 5.74) is -5.63. The van der Waals surface area contributed by atoms with Crippen molar-refractivity contribution in [3.63, 3.8) is 0 Å². The highest BCUT2D eigenvalue weighted by atomic mass is 19.4. The van der Waals surface area contributed by atoms with Gasteiger partial charge >= 0.3 is 6.18 Å². The molecule has 0 aliphatic carbocycles. The van der Waals surface area contributed by atoms with E-state index < -0.39 is 41.1 Å². The molecule has 1 heterocycles. The quantitative estimate of drug-likeness (QED) is 0.680. The monoisotopic (exact) mass is 390 g/mol. The topological polar surface area (TPSA) is 95.6 Å². The van der Waals surface area contributed by atoms with Crippen LogP contribution in [0.1, 0.15) is 31.6 Å². The van der Waals surface area contributed by atoms with Crippen molar-refractivity contribution in [3.8, 4) is 5.75 Å². The lowest BCUT2D eigenvalue weighted by Gasteiger charge is -2.36. The van der Waals surface area contributed by atoms with Gasteiger partial charge in [-0.15, -0.1) is 0 Å². The van der Waals surface area contributed by atoms with Crippen molar-refractivity contribution >= 4 is 11.7 Å². The summed E-state index contributed by atoms with van der Waals surface area (Å²) in [5.74, 6) is -3.07. The number of carbonyl (C=O) groups is 1. The highest BCUT2D eigenvalue weighted by Gasteiger charge is 2.61. The number of nitrogens with one attached hydrogen (secondary N) is 1. The Bertz CT molecular complexity index is 848. The second-order valence-electron chi connectivity index (χ2n) is 6.86. The number of rotatable bonds is 5. The van der Waals surface area contributed by atoms with E-state index in [9.17, 15) is 32.6 Å². The molecule has 1 unspecified atom stereocenters. The van der Waals surface area contributed by atoms with Gasteiger partial charge in [-0.05, 0) is 30.5 Å². The zero-order valence-electron chi connectivity index (χ0n) is 14.7. The van der Waals surface area contributed by atoms with Crippen molar-refractivity contribution in [2.45, 2.75) is 44.4 Å². The van der Waals surface area contributed by atoms with Gasteiger partial charge in [0.15, 0.2) is 5.82 Å². The Balaban J connectivity index is 2.40. The summed E-state index contributed by atoms with van der Waals surface area (Å²) in [7, 11) is 0. The number of nitrogens with zero attached hydrogens (tertiary/aromatic N) is 1. The second-order valence-corrected chi connectivity index (χ2v) is 6.86. The minimum absolute atomic E-state index is 0.185. The molecule has 0 saturated heterocycles. The lowest BCUT2D eigenvalue weighted by Crippen LogP contribution is -2.57. The number of alkyl halides is 3. The van der Waals surface area contributed by atoms with Crippen LogP contribution in [0.4, 0.5) is 23.4 Å². The summed E-state index contributed by atoms with van der Waals surface area (Å²) in [6.45, 7) is 3.95. The van der Waals surface area contributed by atoms with Crippen LogP contribution in [0, 0.1) is 12.7 Å². The van der Waals surface area contributed by atoms with Gasteiger partial charge in [-0.2, -0.15) is 13.2 Å². The van der Waals surface area contributed by atoms with Crippen LogP contribution in [0.5, 0.6) is 5.75 Å². The molecule has 2 rings (SSSR count). The molecule has 0 bridgehead atoms. The molecule has 148 valence electrons. The molecule has 1 amide bonds. The number of aryl methyl sites for hydroxylation is 1. The standard InChI is InChI=1S/C17H18F4N2O4/c1-9-6-13(23-27-9)22-14(25)16(26,17(19,20)21)8-15(2,3)11-7-10(18)4-5-12(11)24/h4-7,24,26H,8H2,1-3H3,(H,22,23,25). The minimum atomic E-state index is -5.35. The van der Waals surface area contributed by atoms with E-state index >= 15 is 0 Å². The number of phenolic OH excluding ortho intramolecular Hbond substituents is 1. The van der Waals surface area contributed by atoms with Gasteiger partial charge in [0, 0.05) is 18.1 Å². The number of aromatic nitrogens is 1. The molecule has 6 nitrogen and oxygen atoms in total. The Hall–Kier alpha value is -2.62. The van der Waals surface area contributed by atoms with Gasteiger partial charge in [-0.25, -0.2) is 4.39 Å². The molecule has 0 saturated carbocycles. The van der Waals surface area contributed by atoms with Gasteiger partial charge in [0.05, 0.1) is 0 Å². The normalized spacial score (nSPS) is 14.7. The largest absolute Gasteiger partial charge is 0.508 e. The predicted molar refractivity (Wildman–Crippen MR) is 86.6 cm³/mol. The van der Waals surface area contributed by atoms with Gasteiger partial charge < -0.3 is 20.1 Å². The van der Waals surface area contributed by atoms with Gasteiger partial charge in [0.1, 0.15) is 17.3 Å². The van der Waals surface area contributed by atoms with E-state index in [2.05, 4.69) is 9.68 Å². The minimum Gasteiger partial charge on any atom is -0.508 e. The predicted octanol–water partition coefficient (Wildman–Crippen LogP) is 3.43. The van der Waals surface area contributed by atoms with Gasteiger partial charge in [0.25, 0.3) is 5.91 Å². The van der Waals surface area contributed by atoms with Gasteiger partial charge in [0.2, 0.25) is 5.60 Å². The number of hydrogen-bond acceptors (Lipinski definition) is 5. The molecule has 0 fully saturated rings. The van der Waals surface area contributed by atoms with Crippen LogP contribution in [0.3, 0.4) is 0 Å². The Morgan fingerprint density at radius 3 is 2.41 bits per heavy atom. The van der Waals surface area contributed by atoms with E-state index in [4.69, 9.17) is 0 Å². The van der Waals surface area contributed by atoms with E-state index in [1.54, 1.807) is 0 Å². The molecule has 0 aliphatic heterocycles. The van der Waals surface area contributed by atoms with Crippen LogP contribution in [0.15, 0.2) is 28.8 Å². The number of carbonyl (C=O) groups excluding carboxylic acids is 1. The van der Waals surface area contributed by atoms with Crippen molar-refractivity contribution in [1.29, 1.82) is 0 Å². The molecular formula is C17H18F4N2O4. The number of benzene rings is 1. The molecule has 1 aromatic heterocycles. The maximum Gasteiger partial charge on any atom is 0.426 e. The van der Waals surface area contributed by atoms with Crippen LogP contribution in [-0.2, 0) is 10.2 Å². The number of phenols is 1. The van der Waals surface area contributed by atoms with E-state index in [1.165, 1.54) is 26.8 Å². The Kier molecular flexibility index (Phi) is 5.24. The summed E-state index contributed by atoms with van der Waals surface area (Å²) in [5, 5.41) is 25.4. The molecule has 0 aliphatic rings. The Labute approximate surface area is 151 Å². The van der Waals surface area contributed by atoms with Crippen LogP contribution < -0.4 is 5.32 Å². The average molecular weight is 390 g/mol. The number of amides is 1. The van der Waals surface area contributed by atoms with Crippen LogP contribution in [-0.4, -0.2) is 33.1 Å². The Morgan fingerprint density at radius 2 is 1.89 bits per heavy atom. The third-order valence-electron chi connectivity index (χ3n) is 4.10. The van der Waals surface area contributed by atoms with Gasteiger partial charge in [-0.1, -0.05) is 19.0 Å². The third kappa shape index (κ3) is 4.21. The zero-order chi connectivity index (χ0) is 20.6. The average Bonchev–Trinajstić information content (AvgIpc) is 2.93. The molecule has 10 heteroatoms. The zero-order valence-corrected chi connectivity index (χ0v) is 14.7. The highest BCUT2D eigenvalue weighted by Crippen LogP contribution is 2.44. The van der Waals surface area contributed by atoms with Crippen molar-refractivity contribution in [3.05, 3.63) is 41.4 Å². The first-order valence-electron chi connectivity index (χ1n) is 7.79. The molecule has 2 aromatic rings. The summed E-state index contributed by atoms with van der Waals surface area (Å²) in [6.07, 6.45) is -6.53. The van der Waals surface area contributed by atoms with Crippen molar-refractivity contribution in [1.82, 2.24) is 5.16 Å². The second kappa shape index (κ2) is 6.84. The molecule has 3 N–H and O–H groups in total. The molecule has 0 radical (unpaired) electrons. The van der Waals surface area contributed by atoms with E-state index in [-0.39, 0.29) is 17.1 Å². The SMILES string of the molecule is Cc1cc(NC(=O)C(O)(CC(C)(C)c2cc(F)ccc2O)C(F)(F)F)no1. The fourth-order valence-corrected chi connectivity index (χ4v) is 2.74. The van der Waals surface area contributed by atoms with Crippen molar-refractivity contribution in [2.75, 3.05) is 5.32 Å². The maximum atomic E-state index is 13.6. The number of aliphatic hydroxyl groups is 1. The van der Waals surface area contributed by atoms with Crippen LogP contribution >= 0.6 is 0 Å². The van der Waals surface area contributed by atoms with Crippen LogP contribution in [0.25, 0.3) is 0 Å². The molecule has 1 atom stereocenters. The van der Waals surface area contributed by atoms with E-state index in [1.807, 2.05) is 5.32 Å². The van der Waals surface area contributed by atoms with Gasteiger partial charge in [-0.3, -0.25) is 4.79 Å². The number of anilines is 1. The fourth-order valence-electron chi connectivity index (χ4n) is 2.74. The number of halogens is 4. The fraction of sp³-hybridized carbons (Fsp3) is 0.412. The van der Waals surface area contributed by atoms with Crippen molar-refractivity contribution in [2.24, 2.45) is 0 Å². The highest BCUT2D eigenvalue weighted by molar-refractivity contribution is 5.97. The number of hydrogen-bond donors (Lipinski definition) is 3. The first-order chi connectivity index (χ1) is 12.3.